The Bertz CT molecular complexity index is 349. The van der Waals surface area contributed by atoms with E-state index in [1.807, 2.05) is 36.0 Å². The Hall–Kier alpha value is -0.910. The minimum absolute atomic E-state index is 0.260. The zero-order chi connectivity index (χ0) is 13.9. The van der Waals surface area contributed by atoms with Gasteiger partial charge in [-0.1, -0.05) is 12.1 Å². The van der Waals surface area contributed by atoms with Crippen LogP contribution in [0.4, 0.5) is 0 Å². The van der Waals surface area contributed by atoms with Crippen LogP contribution in [0.5, 0.6) is 11.5 Å². The van der Waals surface area contributed by atoms with Crippen LogP contribution in [0, 0.1) is 0 Å². The number of hydrogen-bond acceptors (Lipinski definition) is 5. The minimum atomic E-state index is -0.515. The predicted molar refractivity (Wildman–Crippen MR) is 80.4 cm³/mol. The molecule has 0 aliphatic carbocycles. The van der Waals surface area contributed by atoms with Crippen molar-refractivity contribution in [3.63, 3.8) is 0 Å². The molecule has 108 valence electrons. The zero-order valence-electron chi connectivity index (χ0n) is 11.6. The lowest BCUT2D eigenvalue weighted by molar-refractivity contribution is 0.105. The Labute approximate surface area is 119 Å². The maximum Gasteiger partial charge on any atom is 0.161 e. The van der Waals surface area contributed by atoms with Crippen molar-refractivity contribution in [1.82, 2.24) is 5.32 Å². The Morgan fingerprint density at radius 3 is 2.74 bits per heavy atom. The van der Waals surface area contributed by atoms with E-state index in [2.05, 4.69) is 11.6 Å². The van der Waals surface area contributed by atoms with Crippen molar-refractivity contribution >= 4 is 11.8 Å². The molecule has 0 aliphatic heterocycles. The van der Waals surface area contributed by atoms with E-state index in [0.717, 1.165) is 18.7 Å². The Kier molecular flexibility index (Phi) is 8.45. The standard InChI is InChI=1S/C14H23NO3S/c1-17-13-6-3-4-7-14(13)18-11-12(16)10-15-8-5-9-19-2/h3-4,6-7,12,15-16H,5,8-11H2,1-2H3. The first-order chi connectivity index (χ1) is 9.27. The van der Waals surface area contributed by atoms with Crippen LogP contribution in [0.2, 0.25) is 0 Å². The number of ether oxygens (including phenoxy) is 2. The van der Waals surface area contributed by atoms with E-state index in [1.54, 1.807) is 7.11 Å². The smallest absolute Gasteiger partial charge is 0.161 e. The van der Waals surface area contributed by atoms with Gasteiger partial charge in [-0.3, -0.25) is 0 Å². The van der Waals surface area contributed by atoms with Crippen molar-refractivity contribution in [2.75, 3.05) is 38.8 Å². The molecule has 0 aliphatic rings. The van der Waals surface area contributed by atoms with Crippen LogP contribution in [0.15, 0.2) is 24.3 Å². The van der Waals surface area contributed by atoms with Gasteiger partial charge < -0.3 is 19.9 Å². The average Bonchev–Trinajstić information content (AvgIpc) is 2.45. The molecular formula is C14H23NO3S. The predicted octanol–water partition coefficient (Wildman–Crippen LogP) is 1.78. The number of rotatable bonds is 10. The lowest BCUT2D eigenvalue weighted by Crippen LogP contribution is -2.32. The van der Waals surface area contributed by atoms with Crippen molar-refractivity contribution in [2.24, 2.45) is 0 Å². The first-order valence-corrected chi connectivity index (χ1v) is 7.81. The Balaban J connectivity index is 2.20. The number of nitrogens with one attached hydrogen (secondary N) is 1. The highest BCUT2D eigenvalue weighted by Crippen LogP contribution is 2.25. The van der Waals surface area contributed by atoms with Gasteiger partial charge in [0.05, 0.1) is 7.11 Å². The van der Waals surface area contributed by atoms with Crippen LogP contribution in [-0.4, -0.2) is 50.0 Å². The topological polar surface area (TPSA) is 50.7 Å². The van der Waals surface area contributed by atoms with Gasteiger partial charge >= 0.3 is 0 Å². The molecule has 1 aromatic rings. The summed E-state index contributed by atoms with van der Waals surface area (Å²) in [5, 5.41) is 13.0. The van der Waals surface area contributed by atoms with Gasteiger partial charge in [0.2, 0.25) is 0 Å². The van der Waals surface area contributed by atoms with E-state index >= 15 is 0 Å². The number of aliphatic hydroxyl groups is 1. The van der Waals surface area contributed by atoms with E-state index in [4.69, 9.17) is 9.47 Å². The summed E-state index contributed by atoms with van der Waals surface area (Å²) in [7, 11) is 1.60. The number of thioether (sulfide) groups is 1. The summed E-state index contributed by atoms with van der Waals surface area (Å²) in [6, 6.07) is 7.43. The van der Waals surface area contributed by atoms with E-state index < -0.39 is 6.10 Å². The van der Waals surface area contributed by atoms with Crippen LogP contribution in [0.25, 0.3) is 0 Å². The van der Waals surface area contributed by atoms with E-state index in [9.17, 15) is 5.11 Å². The van der Waals surface area contributed by atoms with Gasteiger partial charge in [0, 0.05) is 6.54 Å². The third kappa shape index (κ3) is 6.71. The second kappa shape index (κ2) is 9.95. The first kappa shape index (κ1) is 16.1. The SMILES string of the molecule is COc1ccccc1OCC(O)CNCCCSC. The normalized spacial score (nSPS) is 12.2. The van der Waals surface area contributed by atoms with Gasteiger partial charge in [-0.05, 0) is 37.1 Å². The fourth-order valence-electron chi connectivity index (χ4n) is 1.59. The van der Waals surface area contributed by atoms with E-state index in [1.165, 1.54) is 0 Å². The molecule has 0 bridgehead atoms. The molecule has 4 nitrogen and oxygen atoms in total. The number of methoxy groups -OCH3 is 1. The maximum absolute atomic E-state index is 9.80. The van der Waals surface area contributed by atoms with Crippen LogP contribution in [0.3, 0.4) is 0 Å². The second-order valence-corrected chi connectivity index (χ2v) is 5.15. The summed E-state index contributed by atoms with van der Waals surface area (Å²) < 4.78 is 10.7. The molecule has 0 saturated heterocycles. The summed E-state index contributed by atoms with van der Waals surface area (Å²) >= 11 is 1.83. The number of para-hydroxylation sites is 2. The zero-order valence-corrected chi connectivity index (χ0v) is 12.4. The summed E-state index contributed by atoms with van der Waals surface area (Å²) in [4.78, 5) is 0. The fraction of sp³-hybridized carbons (Fsp3) is 0.571. The summed E-state index contributed by atoms with van der Waals surface area (Å²) in [5.74, 6) is 2.48. The summed E-state index contributed by atoms with van der Waals surface area (Å²) in [6.07, 6.45) is 2.69. The monoisotopic (exact) mass is 285 g/mol. The molecule has 0 saturated carbocycles. The first-order valence-electron chi connectivity index (χ1n) is 6.41. The van der Waals surface area contributed by atoms with E-state index in [0.29, 0.717) is 18.0 Å². The fourth-order valence-corrected chi connectivity index (χ4v) is 2.03. The number of aliphatic hydroxyl groups excluding tert-OH is 1. The van der Waals surface area contributed by atoms with E-state index in [-0.39, 0.29) is 6.61 Å². The van der Waals surface area contributed by atoms with Crippen LogP contribution >= 0.6 is 11.8 Å². The van der Waals surface area contributed by atoms with Crippen LogP contribution in [-0.2, 0) is 0 Å². The number of benzene rings is 1. The van der Waals surface area contributed by atoms with Crippen LogP contribution < -0.4 is 14.8 Å². The molecule has 0 radical (unpaired) electrons. The lowest BCUT2D eigenvalue weighted by atomic mass is 10.3. The van der Waals surface area contributed by atoms with Crippen molar-refractivity contribution < 1.29 is 14.6 Å². The van der Waals surface area contributed by atoms with Gasteiger partial charge in [-0.25, -0.2) is 0 Å². The molecule has 0 spiro atoms. The largest absolute Gasteiger partial charge is 0.493 e. The molecular weight excluding hydrogens is 262 g/mol. The number of hydrogen-bond donors (Lipinski definition) is 2. The van der Waals surface area contributed by atoms with Gasteiger partial charge in [-0.15, -0.1) is 0 Å². The van der Waals surface area contributed by atoms with Crippen molar-refractivity contribution in [3.05, 3.63) is 24.3 Å². The molecule has 5 heteroatoms. The molecule has 19 heavy (non-hydrogen) atoms. The lowest BCUT2D eigenvalue weighted by Gasteiger charge is -2.14. The highest BCUT2D eigenvalue weighted by molar-refractivity contribution is 7.98. The summed E-state index contributed by atoms with van der Waals surface area (Å²) in [5.41, 5.74) is 0. The molecule has 0 aromatic heterocycles. The highest BCUT2D eigenvalue weighted by Gasteiger charge is 2.07. The Morgan fingerprint density at radius 1 is 1.32 bits per heavy atom. The van der Waals surface area contributed by atoms with Gasteiger partial charge in [0.15, 0.2) is 11.5 Å². The molecule has 1 atom stereocenters. The second-order valence-electron chi connectivity index (χ2n) is 4.17. The third-order valence-corrected chi connectivity index (χ3v) is 3.28. The molecule has 1 rings (SSSR count). The molecule has 1 aromatic carbocycles. The van der Waals surface area contributed by atoms with Crippen LogP contribution in [0.1, 0.15) is 6.42 Å². The minimum Gasteiger partial charge on any atom is -0.493 e. The molecule has 0 fully saturated rings. The summed E-state index contributed by atoms with van der Waals surface area (Å²) in [6.45, 7) is 1.73. The molecule has 0 heterocycles. The van der Waals surface area contributed by atoms with Gasteiger partial charge in [-0.2, -0.15) is 11.8 Å². The maximum atomic E-state index is 9.80. The van der Waals surface area contributed by atoms with Gasteiger partial charge in [0.1, 0.15) is 12.7 Å². The molecule has 2 N–H and O–H groups in total. The highest BCUT2D eigenvalue weighted by atomic mass is 32.2. The molecule has 0 amide bonds. The van der Waals surface area contributed by atoms with Gasteiger partial charge in [0.25, 0.3) is 0 Å². The average molecular weight is 285 g/mol. The van der Waals surface area contributed by atoms with Crippen molar-refractivity contribution in [2.45, 2.75) is 12.5 Å². The molecule has 1 unspecified atom stereocenters. The van der Waals surface area contributed by atoms with Crippen molar-refractivity contribution in [3.8, 4) is 11.5 Å². The van der Waals surface area contributed by atoms with Crippen molar-refractivity contribution in [1.29, 1.82) is 0 Å². The third-order valence-electron chi connectivity index (χ3n) is 2.58. The Morgan fingerprint density at radius 2 is 2.05 bits per heavy atom. The quantitative estimate of drug-likeness (QED) is 0.642.